The number of nitrogens with one attached hydrogen (secondary N) is 2. The summed E-state index contributed by atoms with van der Waals surface area (Å²) >= 11 is 3.25. The van der Waals surface area contributed by atoms with Crippen molar-refractivity contribution in [1.29, 1.82) is 0 Å². The number of hydrogen-bond donors (Lipinski definition) is 3. The highest BCUT2D eigenvalue weighted by atomic mass is 79.9. The number of ether oxygens (including phenoxy) is 1. The number of fused-ring (bicyclic) bond motifs is 1. The fraction of sp³-hybridized carbons (Fsp3) is 0.263. The van der Waals surface area contributed by atoms with Gasteiger partial charge in [0.25, 0.3) is 0 Å². The number of nitrogens with zero attached hydrogens (tertiary/aromatic N) is 3. The Morgan fingerprint density at radius 3 is 2.71 bits per heavy atom. The number of rotatable bonds is 6. The average molecular weight is 560 g/mol. The highest BCUT2D eigenvalue weighted by molar-refractivity contribution is 9.10. The van der Waals surface area contributed by atoms with Crippen LogP contribution < -0.4 is 9.44 Å². The summed E-state index contributed by atoms with van der Waals surface area (Å²) in [6, 6.07) is 2.90. The summed E-state index contributed by atoms with van der Waals surface area (Å²) in [6.45, 7) is 0.474. The number of hydrogen-bond acceptors (Lipinski definition) is 7. The van der Waals surface area contributed by atoms with Gasteiger partial charge in [0.1, 0.15) is 11.5 Å². The third-order valence-corrected chi connectivity index (χ3v) is 6.31. The minimum Gasteiger partial charge on any atom is -0.464 e. The summed E-state index contributed by atoms with van der Waals surface area (Å²) < 4.78 is 63.7. The third-order valence-electron chi connectivity index (χ3n) is 4.94. The minimum absolute atomic E-state index is 0.200. The quantitative estimate of drug-likeness (QED) is 0.389. The van der Waals surface area contributed by atoms with Crippen LogP contribution in [-0.4, -0.2) is 46.8 Å². The van der Waals surface area contributed by atoms with Crippen molar-refractivity contribution >= 4 is 54.7 Å². The standard InChI is InChI=1S/C19H16BrF2N5O6S/c20-9-7-10-16(24-27(18(10)23-8-9)13-3-1-2-6-33-13)17(28)14-11(21)4-5-12(15(14)22)25-34(31,32)26-19(29)30/h4-5,7-8,13,25-26H,1-3,6H2,(H,29,30). The zero-order valence-electron chi connectivity index (χ0n) is 17.1. The van der Waals surface area contributed by atoms with Crippen molar-refractivity contribution in [2.24, 2.45) is 0 Å². The number of carbonyl (C=O) groups excluding carboxylic acids is 1. The number of carboxylic acid groups (broad SMARTS) is 1. The predicted molar refractivity (Wildman–Crippen MR) is 118 cm³/mol. The second-order valence-electron chi connectivity index (χ2n) is 7.26. The molecule has 1 amide bonds. The van der Waals surface area contributed by atoms with E-state index in [-0.39, 0.29) is 16.7 Å². The smallest absolute Gasteiger partial charge is 0.419 e. The molecule has 1 aromatic carbocycles. The first-order valence-electron chi connectivity index (χ1n) is 9.79. The van der Waals surface area contributed by atoms with Crippen LogP contribution in [0.4, 0.5) is 19.3 Å². The van der Waals surface area contributed by atoms with E-state index in [9.17, 15) is 22.4 Å². The summed E-state index contributed by atoms with van der Waals surface area (Å²) in [6.07, 6.45) is 1.33. The zero-order chi connectivity index (χ0) is 24.6. The number of halogens is 3. The summed E-state index contributed by atoms with van der Waals surface area (Å²) in [7, 11) is -4.75. The molecule has 0 saturated carbocycles. The second kappa shape index (κ2) is 9.23. The van der Waals surface area contributed by atoms with Gasteiger partial charge in [-0.05, 0) is 53.4 Å². The predicted octanol–water partition coefficient (Wildman–Crippen LogP) is 3.33. The van der Waals surface area contributed by atoms with Crippen molar-refractivity contribution in [2.75, 3.05) is 11.3 Å². The van der Waals surface area contributed by atoms with E-state index in [1.54, 1.807) is 4.72 Å². The maximum absolute atomic E-state index is 15.1. The lowest BCUT2D eigenvalue weighted by Gasteiger charge is -2.22. The van der Waals surface area contributed by atoms with Crippen molar-refractivity contribution in [2.45, 2.75) is 25.5 Å². The Morgan fingerprint density at radius 1 is 1.26 bits per heavy atom. The molecule has 1 fully saturated rings. The van der Waals surface area contributed by atoms with Gasteiger partial charge in [0.15, 0.2) is 17.7 Å². The van der Waals surface area contributed by atoms with Crippen molar-refractivity contribution < 1.29 is 36.6 Å². The van der Waals surface area contributed by atoms with Gasteiger partial charge in [-0.2, -0.15) is 13.5 Å². The number of aromatic nitrogens is 3. The van der Waals surface area contributed by atoms with Crippen LogP contribution in [0.5, 0.6) is 0 Å². The summed E-state index contributed by atoms with van der Waals surface area (Å²) in [4.78, 5) is 28.2. The Balaban J connectivity index is 1.81. The number of benzene rings is 1. The number of amides is 1. The SMILES string of the molecule is O=C(O)NS(=O)(=O)Nc1ccc(F)c(C(=O)c2nn(C3CCCCO3)c3ncc(Br)cc23)c1F. The van der Waals surface area contributed by atoms with Crippen LogP contribution >= 0.6 is 15.9 Å². The van der Waals surface area contributed by atoms with E-state index in [0.29, 0.717) is 29.6 Å². The molecule has 1 unspecified atom stereocenters. The van der Waals surface area contributed by atoms with E-state index < -0.39 is 51.2 Å². The van der Waals surface area contributed by atoms with Crippen LogP contribution in [0, 0.1) is 11.6 Å². The van der Waals surface area contributed by atoms with E-state index in [0.717, 1.165) is 17.6 Å². The number of ketones is 1. The molecule has 3 N–H and O–H groups in total. The molecule has 34 heavy (non-hydrogen) atoms. The lowest BCUT2D eigenvalue weighted by Crippen LogP contribution is -2.34. The van der Waals surface area contributed by atoms with Crippen LogP contribution in [0.15, 0.2) is 28.9 Å². The van der Waals surface area contributed by atoms with Gasteiger partial charge >= 0.3 is 16.3 Å². The van der Waals surface area contributed by atoms with E-state index >= 15 is 4.39 Å². The first kappa shape index (κ1) is 24.0. The summed E-state index contributed by atoms with van der Waals surface area (Å²) in [5, 5.41) is 13.0. The van der Waals surface area contributed by atoms with Crippen LogP contribution in [0.2, 0.25) is 0 Å². The molecule has 4 rings (SSSR count). The Labute approximate surface area is 199 Å². The molecule has 1 aliphatic rings. The number of carbonyl (C=O) groups is 2. The Morgan fingerprint density at radius 2 is 2.03 bits per heavy atom. The normalized spacial score (nSPS) is 16.4. The third kappa shape index (κ3) is 4.71. The molecule has 2 aromatic heterocycles. The zero-order valence-corrected chi connectivity index (χ0v) is 19.5. The molecular formula is C19H16BrF2N5O6S. The van der Waals surface area contributed by atoms with Gasteiger partial charge in [-0.15, -0.1) is 0 Å². The fourth-order valence-electron chi connectivity index (χ4n) is 3.53. The van der Waals surface area contributed by atoms with Gasteiger partial charge in [-0.1, -0.05) is 0 Å². The molecule has 11 nitrogen and oxygen atoms in total. The van der Waals surface area contributed by atoms with Crippen molar-refractivity contribution in [3.63, 3.8) is 0 Å². The maximum Gasteiger partial charge on any atom is 0.419 e. The van der Waals surface area contributed by atoms with Crippen molar-refractivity contribution in [1.82, 2.24) is 19.5 Å². The molecule has 1 aliphatic heterocycles. The highest BCUT2D eigenvalue weighted by Gasteiger charge is 2.30. The Hall–Kier alpha value is -3.17. The van der Waals surface area contributed by atoms with Gasteiger partial charge in [-0.3, -0.25) is 9.52 Å². The van der Waals surface area contributed by atoms with Gasteiger partial charge in [0, 0.05) is 17.3 Å². The van der Waals surface area contributed by atoms with E-state index in [1.165, 1.54) is 16.9 Å². The molecule has 1 atom stereocenters. The van der Waals surface area contributed by atoms with Crippen LogP contribution in [0.3, 0.4) is 0 Å². The van der Waals surface area contributed by atoms with Gasteiger partial charge in [0.05, 0.1) is 16.6 Å². The highest BCUT2D eigenvalue weighted by Crippen LogP contribution is 2.31. The molecule has 3 heterocycles. The first-order chi connectivity index (χ1) is 16.1. The largest absolute Gasteiger partial charge is 0.464 e. The lowest BCUT2D eigenvalue weighted by molar-refractivity contribution is -0.0371. The molecular weight excluding hydrogens is 544 g/mol. The number of anilines is 1. The van der Waals surface area contributed by atoms with Crippen LogP contribution in [0.25, 0.3) is 11.0 Å². The topological polar surface area (TPSA) is 153 Å². The average Bonchev–Trinajstić information content (AvgIpc) is 3.14. The molecule has 180 valence electrons. The summed E-state index contributed by atoms with van der Waals surface area (Å²) in [5.41, 5.74) is -1.97. The monoisotopic (exact) mass is 559 g/mol. The first-order valence-corrected chi connectivity index (χ1v) is 12.1. The minimum atomic E-state index is -4.75. The molecule has 0 bridgehead atoms. The van der Waals surface area contributed by atoms with Crippen molar-refractivity contribution in [3.8, 4) is 0 Å². The Kier molecular flexibility index (Phi) is 6.51. The number of pyridine rings is 1. The molecule has 0 radical (unpaired) electrons. The summed E-state index contributed by atoms with van der Waals surface area (Å²) in [5.74, 6) is -3.97. The van der Waals surface area contributed by atoms with Crippen molar-refractivity contribution in [3.05, 3.63) is 51.8 Å². The van der Waals surface area contributed by atoms with Gasteiger partial charge in [0.2, 0.25) is 5.78 Å². The van der Waals surface area contributed by atoms with Crippen LogP contribution in [0.1, 0.15) is 41.5 Å². The molecule has 3 aromatic rings. The lowest BCUT2D eigenvalue weighted by atomic mass is 10.0. The molecule has 0 spiro atoms. The fourth-order valence-corrected chi connectivity index (χ4v) is 4.59. The van der Waals surface area contributed by atoms with E-state index in [2.05, 4.69) is 26.0 Å². The van der Waals surface area contributed by atoms with E-state index in [4.69, 9.17) is 9.84 Å². The van der Waals surface area contributed by atoms with Crippen LogP contribution in [-0.2, 0) is 14.9 Å². The Bertz CT molecular complexity index is 1410. The second-order valence-corrected chi connectivity index (χ2v) is 9.60. The molecule has 0 aliphatic carbocycles. The van der Waals surface area contributed by atoms with E-state index in [1.807, 2.05) is 0 Å². The van der Waals surface area contributed by atoms with Gasteiger partial charge in [-0.25, -0.2) is 28.0 Å². The molecule has 1 saturated heterocycles. The van der Waals surface area contributed by atoms with Gasteiger partial charge < -0.3 is 9.84 Å². The maximum atomic E-state index is 15.1. The molecule has 15 heteroatoms.